The first kappa shape index (κ1) is 24.7. The predicted octanol–water partition coefficient (Wildman–Crippen LogP) is 6.14. The lowest BCUT2D eigenvalue weighted by atomic mass is 9.95. The fraction of sp³-hybridized carbons (Fsp3) is 0.385. The number of anilines is 1. The van der Waals surface area contributed by atoms with Gasteiger partial charge in [-0.15, -0.1) is 0 Å². The van der Waals surface area contributed by atoms with Crippen LogP contribution in [0.15, 0.2) is 71.0 Å². The number of hydrogen-bond donors (Lipinski definition) is 0. The van der Waals surface area contributed by atoms with Crippen molar-refractivity contribution in [2.24, 2.45) is 16.1 Å². The lowest BCUT2D eigenvalue weighted by Crippen LogP contribution is -2.49. The summed E-state index contributed by atoms with van der Waals surface area (Å²) in [6.07, 6.45) is -2.70. The Hall–Kier alpha value is -2.93. The molecule has 0 saturated carbocycles. The average Bonchev–Trinajstić information content (AvgIpc) is 3.30. The molecule has 33 heavy (non-hydrogen) atoms. The molecule has 2 heterocycles. The van der Waals surface area contributed by atoms with Gasteiger partial charge in [-0.1, -0.05) is 57.7 Å². The average molecular weight is 457 g/mol. The van der Waals surface area contributed by atoms with Crippen LogP contribution in [0.25, 0.3) is 0 Å². The minimum absolute atomic E-state index is 0.0565. The number of hydrogen-bond acceptors (Lipinski definition) is 4. The van der Waals surface area contributed by atoms with Crippen LogP contribution in [-0.2, 0) is 6.54 Å². The van der Waals surface area contributed by atoms with Crippen LogP contribution >= 0.6 is 0 Å². The Labute approximate surface area is 194 Å². The highest BCUT2D eigenvalue weighted by atomic mass is 19.3. The van der Waals surface area contributed by atoms with Crippen molar-refractivity contribution in [3.05, 3.63) is 77.8 Å². The molecule has 0 unspecified atom stereocenters. The summed E-state index contributed by atoms with van der Waals surface area (Å²) in [7, 11) is 0. The Balaban J connectivity index is 0.00000149. The molecule has 0 amide bonds. The summed E-state index contributed by atoms with van der Waals surface area (Å²) < 4.78 is 40.6. The molecule has 2 aliphatic heterocycles. The topological polar surface area (TPSA) is 31.2 Å². The van der Waals surface area contributed by atoms with Crippen LogP contribution in [0.4, 0.5) is 18.9 Å². The normalized spacial score (nSPS) is 16.0. The molecule has 0 radical (unpaired) electrons. The molecule has 7 heteroatoms. The van der Waals surface area contributed by atoms with Gasteiger partial charge >= 0.3 is 0 Å². The molecule has 0 atom stereocenters. The molecular weight excluding hydrogens is 425 g/mol. The summed E-state index contributed by atoms with van der Waals surface area (Å²) in [5, 5.41) is 7.32. The van der Waals surface area contributed by atoms with Gasteiger partial charge in [-0.05, 0) is 24.7 Å². The highest BCUT2D eigenvalue weighted by Crippen LogP contribution is 2.31. The van der Waals surface area contributed by atoms with E-state index in [1.807, 2.05) is 44.2 Å². The third kappa shape index (κ3) is 5.71. The van der Waals surface area contributed by atoms with E-state index in [1.165, 1.54) is 6.07 Å². The summed E-state index contributed by atoms with van der Waals surface area (Å²) >= 11 is 0. The van der Waals surface area contributed by atoms with Gasteiger partial charge in [-0.2, -0.15) is 10.2 Å². The molecule has 0 spiro atoms. The van der Waals surface area contributed by atoms with Gasteiger partial charge in [0.05, 0.1) is 12.3 Å². The van der Waals surface area contributed by atoms with Crippen LogP contribution in [0.3, 0.4) is 0 Å². The van der Waals surface area contributed by atoms with Gasteiger partial charge in [0.15, 0.2) is 0 Å². The zero-order valence-electron chi connectivity index (χ0n) is 19.4. The maximum absolute atomic E-state index is 15.0. The fourth-order valence-corrected chi connectivity index (χ4v) is 3.90. The number of likely N-dealkylation sites (tertiary alicyclic amines) is 1. The number of halogens is 3. The largest absolute Gasteiger partial charge is 0.341 e. The van der Waals surface area contributed by atoms with E-state index in [9.17, 15) is 8.78 Å². The van der Waals surface area contributed by atoms with Gasteiger partial charge < -0.3 is 9.80 Å². The summed E-state index contributed by atoms with van der Waals surface area (Å²) in [5.41, 5.74) is 2.99. The molecule has 0 bridgehead atoms. The molecule has 2 aromatic rings. The maximum atomic E-state index is 15.0. The molecule has 4 nitrogen and oxygen atoms in total. The molecule has 0 N–H and O–H groups in total. The minimum Gasteiger partial charge on any atom is -0.341 e. The lowest BCUT2D eigenvalue weighted by molar-refractivity contribution is 0.130. The zero-order valence-corrected chi connectivity index (χ0v) is 19.4. The SMILES string of the molecule is C=C(C1CN(CC)C1)N(Cc1ccc(C2=NN=C(C(F)F)C2)cc1F)c1ccccc1.CC. The number of para-hydroxylation sites is 1. The smallest absolute Gasteiger partial charge is 0.278 e. The Morgan fingerprint density at radius 2 is 1.82 bits per heavy atom. The molecule has 0 aromatic heterocycles. The molecule has 1 fully saturated rings. The van der Waals surface area contributed by atoms with Crippen LogP contribution in [0.1, 0.15) is 38.3 Å². The van der Waals surface area contributed by atoms with Crippen LogP contribution in [-0.4, -0.2) is 42.4 Å². The summed E-state index contributed by atoms with van der Waals surface area (Å²) in [6.45, 7) is 13.7. The van der Waals surface area contributed by atoms with E-state index in [4.69, 9.17) is 0 Å². The van der Waals surface area contributed by atoms with Crippen molar-refractivity contribution in [1.82, 2.24) is 4.90 Å². The van der Waals surface area contributed by atoms with Gasteiger partial charge in [0.1, 0.15) is 11.5 Å². The first-order valence-electron chi connectivity index (χ1n) is 11.4. The van der Waals surface area contributed by atoms with Crippen LogP contribution < -0.4 is 4.90 Å². The quantitative estimate of drug-likeness (QED) is 0.478. The molecule has 2 aliphatic rings. The Bertz CT molecular complexity index is 1010. The van der Waals surface area contributed by atoms with Gasteiger partial charge in [-0.25, -0.2) is 13.2 Å². The van der Waals surface area contributed by atoms with Crippen molar-refractivity contribution in [3.63, 3.8) is 0 Å². The van der Waals surface area contributed by atoms with Gasteiger partial charge in [0.2, 0.25) is 0 Å². The second-order valence-electron chi connectivity index (χ2n) is 7.88. The van der Waals surface area contributed by atoms with Gasteiger partial charge in [-0.3, -0.25) is 0 Å². The van der Waals surface area contributed by atoms with E-state index in [2.05, 4.69) is 33.5 Å². The van der Waals surface area contributed by atoms with Crippen LogP contribution in [0.5, 0.6) is 0 Å². The molecule has 0 aliphatic carbocycles. The van der Waals surface area contributed by atoms with E-state index < -0.39 is 12.2 Å². The third-order valence-corrected chi connectivity index (χ3v) is 5.90. The molecule has 1 saturated heterocycles. The Kier molecular flexibility index (Phi) is 8.44. The van der Waals surface area contributed by atoms with Crippen molar-refractivity contribution >= 4 is 17.1 Å². The van der Waals surface area contributed by atoms with Crippen molar-refractivity contribution in [3.8, 4) is 0 Å². The van der Waals surface area contributed by atoms with E-state index in [0.29, 0.717) is 29.3 Å². The monoisotopic (exact) mass is 456 g/mol. The molecule has 4 rings (SSSR count). The van der Waals surface area contributed by atoms with Gasteiger partial charge in [0, 0.05) is 47.9 Å². The molecular formula is C26H31F3N4. The van der Waals surface area contributed by atoms with E-state index >= 15 is 4.39 Å². The van der Waals surface area contributed by atoms with Crippen molar-refractivity contribution < 1.29 is 13.2 Å². The summed E-state index contributed by atoms with van der Waals surface area (Å²) in [5.74, 6) is -0.0662. The number of alkyl halides is 2. The number of nitrogens with zero attached hydrogens (tertiary/aromatic N) is 4. The van der Waals surface area contributed by atoms with Gasteiger partial charge in [0.25, 0.3) is 6.43 Å². The maximum Gasteiger partial charge on any atom is 0.278 e. The minimum atomic E-state index is -2.65. The van der Waals surface area contributed by atoms with Crippen molar-refractivity contribution in [1.29, 1.82) is 0 Å². The Morgan fingerprint density at radius 3 is 2.39 bits per heavy atom. The molecule has 2 aromatic carbocycles. The lowest BCUT2D eigenvalue weighted by Gasteiger charge is -2.43. The first-order chi connectivity index (χ1) is 16.0. The highest BCUT2D eigenvalue weighted by molar-refractivity contribution is 6.15. The number of benzene rings is 2. The third-order valence-electron chi connectivity index (χ3n) is 5.90. The zero-order chi connectivity index (χ0) is 24.0. The van der Waals surface area contributed by atoms with Crippen LogP contribution in [0.2, 0.25) is 0 Å². The van der Waals surface area contributed by atoms with E-state index in [1.54, 1.807) is 12.1 Å². The van der Waals surface area contributed by atoms with Crippen molar-refractivity contribution in [2.45, 2.75) is 40.2 Å². The van der Waals surface area contributed by atoms with Crippen LogP contribution in [0, 0.1) is 11.7 Å². The summed E-state index contributed by atoms with van der Waals surface area (Å²) in [6, 6.07) is 14.6. The predicted molar refractivity (Wildman–Crippen MR) is 130 cm³/mol. The fourth-order valence-electron chi connectivity index (χ4n) is 3.90. The highest BCUT2D eigenvalue weighted by Gasteiger charge is 2.31. The Morgan fingerprint density at radius 1 is 1.12 bits per heavy atom. The standard InChI is InChI=1S/C24H25F3N4.C2H6/c1-3-30-13-19(14-30)16(2)31(20-7-5-4-6-8-20)15-18-10-9-17(11-21(18)25)22-12-23(24(26)27)29-28-22;1-2/h4-11,19,24H,2-3,12-15H2,1H3;1-2H3. The summed E-state index contributed by atoms with van der Waals surface area (Å²) in [4.78, 5) is 4.40. The van der Waals surface area contributed by atoms with E-state index in [0.717, 1.165) is 31.0 Å². The molecule has 176 valence electrons. The number of rotatable bonds is 8. The first-order valence-corrected chi connectivity index (χ1v) is 11.4. The van der Waals surface area contributed by atoms with E-state index in [-0.39, 0.29) is 12.1 Å². The van der Waals surface area contributed by atoms with Crippen molar-refractivity contribution in [2.75, 3.05) is 24.5 Å². The second kappa shape index (κ2) is 11.3. The second-order valence-corrected chi connectivity index (χ2v) is 7.88.